The van der Waals surface area contributed by atoms with Crippen LogP contribution in [0.3, 0.4) is 0 Å². The van der Waals surface area contributed by atoms with Gasteiger partial charge in [-0.3, -0.25) is 14.4 Å². The highest BCUT2D eigenvalue weighted by Crippen LogP contribution is 2.16. The molecule has 0 aliphatic heterocycles. The third-order valence-electron chi connectivity index (χ3n) is 13.6. The molecule has 6 heteroatoms. The monoisotopic (exact) mass is 1030 g/mol. The Morgan fingerprint density at radius 3 is 0.824 bits per heavy atom. The number of unbranched alkanes of at least 4 members (excludes halogenated alkanes) is 32. The molecule has 0 saturated heterocycles. The first-order chi connectivity index (χ1) is 36.5. The molecule has 0 amide bonds. The first kappa shape index (κ1) is 70.6. The predicted octanol–water partition coefficient (Wildman–Crippen LogP) is 21.5. The zero-order chi connectivity index (χ0) is 53.6. The van der Waals surface area contributed by atoms with Gasteiger partial charge in [0.25, 0.3) is 0 Å². The molecular formula is C68H118O6. The van der Waals surface area contributed by atoms with Crippen LogP contribution in [-0.4, -0.2) is 37.2 Å². The van der Waals surface area contributed by atoms with E-state index in [1.807, 2.05) is 0 Å². The van der Waals surface area contributed by atoms with Crippen molar-refractivity contribution in [2.75, 3.05) is 13.2 Å². The largest absolute Gasteiger partial charge is 0.462 e. The van der Waals surface area contributed by atoms with E-state index in [2.05, 4.69) is 106 Å². The van der Waals surface area contributed by atoms with Gasteiger partial charge in [0, 0.05) is 19.3 Å². The van der Waals surface area contributed by atoms with Crippen molar-refractivity contribution >= 4 is 17.9 Å². The van der Waals surface area contributed by atoms with Crippen molar-refractivity contribution < 1.29 is 28.6 Å². The molecule has 0 fully saturated rings. The molecule has 0 aromatic rings. The summed E-state index contributed by atoms with van der Waals surface area (Å²) in [5.41, 5.74) is 0. The van der Waals surface area contributed by atoms with Gasteiger partial charge in [-0.1, -0.05) is 279 Å². The lowest BCUT2D eigenvalue weighted by atomic mass is 10.0. The maximum atomic E-state index is 12.9. The van der Waals surface area contributed by atoms with E-state index >= 15 is 0 Å². The zero-order valence-electron chi connectivity index (χ0n) is 48.8. The summed E-state index contributed by atoms with van der Waals surface area (Å²) in [7, 11) is 0. The Labute approximate surface area is 458 Å². The minimum atomic E-state index is -0.787. The van der Waals surface area contributed by atoms with E-state index in [-0.39, 0.29) is 31.1 Å². The van der Waals surface area contributed by atoms with E-state index in [0.29, 0.717) is 19.3 Å². The van der Waals surface area contributed by atoms with Crippen LogP contribution in [0.25, 0.3) is 0 Å². The fraction of sp³-hybridized carbons (Fsp3) is 0.750. The lowest BCUT2D eigenvalue weighted by Crippen LogP contribution is -2.30. The van der Waals surface area contributed by atoms with Gasteiger partial charge in [-0.15, -0.1) is 0 Å². The normalized spacial score (nSPS) is 12.6. The molecule has 74 heavy (non-hydrogen) atoms. The highest BCUT2D eigenvalue weighted by molar-refractivity contribution is 5.71. The first-order valence-electron chi connectivity index (χ1n) is 31.6. The molecule has 0 heterocycles. The van der Waals surface area contributed by atoms with Gasteiger partial charge in [-0.25, -0.2) is 0 Å². The summed E-state index contributed by atoms with van der Waals surface area (Å²) in [5.74, 6) is -0.893. The molecule has 0 aromatic carbocycles. The van der Waals surface area contributed by atoms with Crippen molar-refractivity contribution in [3.05, 3.63) is 85.1 Å². The van der Waals surface area contributed by atoms with Gasteiger partial charge in [0.2, 0.25) is 0 Å². The van der Waals surface area contributed by atoms with Crippen molar-refractivity contribution in [3.8, 4) is 0 Å². The van der Waals surface area contributed by atoms with Crippen LogP contribution in [0.1, 0.15) is 310 Å². The summed E-state index contributed by atoms with van der Waals surface area (Å²) in [5, 5.41) is 0. The van der Waals surface area contributed by atoms with Crippen LogP contribution in [0.15, 0.2) is 85.1 Å². The minimum absolute atomic E-state index is 0.0821. The summed E-state index contributed by atoms with van der Waals surface area (Å²) in [4.78, 5) is 38.3. The molecule has 426 valence electrons. The molecule has 0 spiro atoms. The van der Waals surface area contributed by atoms with Crippen LogP contribution in [0.4, 0.5) is 0 Å². The Morgan fingerprint density at radius 2 is 0.527 bits per heavy atom. The standard InChI is InChI=1S/C68H118O6/c1-4-7-10-13-16-19-22-25-28-30-32-34-36-38-40-43-46-49-52-55-58-61-67(70)73-64-65(63-72-66(69)60-57-54-51-48-45-42-27-24-21-18-15-12-9-6-3)74-68(71)62-59-56-53-50-47-44-41-39-37-35-33-31-29-26-23-20-17-14-11-8-5-2/h7,10,16,19,23,25-26,28,31-34,38,40,65H,4-6,8-9,11-15,17-18,20-22,24,27,29-30,35-37,39,41-64H2,1-3H3/b10-7-,19-16-,26-23-,28-25-,33-31-,34-32-,40-38-. The fourth-order valence-corrected chi connectivity index (χ4v) is 8.91. The number of hydrogen-bond donors (Lipinski definition) is 0. The van der Waals surface area contributed by atoms with Gasteiger partial charge < -0.3 is 14.2 Å². The third-order valence-corrected chi connectivity index (χ3v) is 13.6. The Bertz CT molecular complexity index is 1420. The molecule has 0 aliphatic rings. The number of carbonyl (C=O) groups is 3. The second-order valence-corrected chi connectivity index (χ2v) is 20.9. The molecule has 0 bridgehead atoms. The SMILES string of the molecule is CC/C=C\C/C=C\C/C=C\C/C=C\C/C=C\CCCCCCCC(=O)OCC(COC(=O)CCCCCCCCCCCCCCCC)OC(=O)CCCCCCCCCCC/C=C\C/C=C\CCCCCCC. The van der Waals surface area contributed by atoms with Crippen molar-refractivity contribution in [2.45, 2.75) is 316 Å². The molecule has 0 aliphatic carbocycles. The summed E-state index contributed by atoms with van der Waals surface area (Å²) >= 11 is 0. The topological polar surface area (TPSA) is 78.9 Å². The predicted molar refractivity (Wildman–Crippen MR) is 321 cm³/mol. The van der Waals surface area contributed by atoms with Gasteiger partial charge in [0.1, 0.15) is 13.2 Å². The first-order valence-corrected chi connectivity index (χ1v) is 31.6. The molecule has 1 unspecified atom stereocenters. The van der Waals surface area contributed by atoms with E-state index in [1.54, 1.807) is 0 Å². The van der Waals surface area contributed by atoms with Gasteiger partial charge in [-0.05, 0) is 96.3 Å². The number of allylic oxidation sites excluding steroid dienone is 14. The van der Waals surface area contributed by atoms with Crippen LogP contribution in [0.2, 0.25) is 0 Å². The summed E-state index contributed by atoms with van der Waals surface area (Å²) < 4.78 is 16.9. The zero-order valence-corrected chi connectivity index (χ0v) is 48.8. The third kappa shape index (κ3) is 59.5. The molecular weight excluding hydrogens is 913 g/mol. The quantitative estimate of drug-likeness (QED) is 0.0261. The van der Waals surface area contributed by atoms with Crippen molar-refractivity contribution in [2.24, 2.45) is 0 Å². The second-order valence-electron chi connectivity index (χ2n) is 20.9. The smallest absolute Gasteiger partial charge is 0.306 e. The minimum Gasteiger partial charge on any atom is -0.462 e. The van der Waals surface area contributed by atoms with Gasteiger partial charge in [-0.2, -0.15) is 0 Å². The highest BCUT2D eigenvalue weighted by atomic mass is 16.6. The average molecular weight is 1030 g/mol. The number of esters is 3. The highest BCUT2D eigenvalue weighted by Gasteiger charge is 2.19. The van der Waals surface area contributed by atoms with E-state index in [1.165, 1.54) is 154 Å². The summed E-state index contributed by atoms with van der Waals surface area (Å²) in [6.45, 7) is 6.53. The maximum Gasteiger partial charge on any atom is 0.306 e. The molecule has 0 saturated carbocycles. The Balaban J connectivity index is 4.40. The molecule has 0 aromatic heterocycles. The number of hydrogen-bond acceptors (Lipinski definition) is 6. The molecule has 0 N–H and O–H groups in total. The Hall–Kier alpha value is -3.41. The summed E-state index contributed by atoms with van der Waals surface area (Å²) in [6, 6.07) is 0. The fourth-order valence-electron chi connectivity index (χ4n) is 8.91. The van der Waals surface area contributed by atoms with E-state index in [4.69, 9.17) is 14.2 Å². The molecule has 1 atom stereocenters. The maximum absolute atomic E-state index is 12.9. The lowest BCUT2D eigenvalue weighted by Gasteiger charge is -2.18. The molecule has 0 rings (SSSR count). The van der Waals surface area contributed by atoms with Crippen molar-refractivity contribution in [3.63, 3.8) is 0 Å². The Morgan fingerprint density at radius 1 is 0.284 bits per heavy atom. The van der Waals surface area contributed by atoms with Gasteiger partial charge >= 0.3 is 17.9 Å². The number of ether oxygens (including phenoxy) is 3. The van der Waals surface area contributed by atoms with E-state index < -0.39 is 6.10 Å². The number of carbonyl (C=O) groups excluding carboxylic acids is 3. The Kier molecular flexibility index (Phi) is 59.3. The van der Waals surface area contributed by atoms with Crippen LogP contribution >= 0.6 is 0 Å². The summed E-state index contributed by atoms with van der Waals surface area (Å²) in [6.07, 6.45) is 81.5. The second kappa shape index (κ2) is 62.1. The molecule has 0 radical (unpaired) electrons. The van der Waals surface area contributed by atoms with E-state index in [0.717, 1.165) is 116 Å². The van der Waals surface area contributed by atoms with Crippen LogP contribution in [-0.2, 0) is 28.6 Å². The van der Waals surface area contributed by atoms with E-state index in [9.17, 15) is 14.4 Å². The number of rotatable bonds is 57. The molecule has 6 nitrogen and oxygen atoms in total. The van der Waals surface area contributed by atoms with Gasteiger partial charge in [0.15, 0.2) is 6.10 Å². The van der Waals surface area contributed by atoms with Crippen LogP contribution < -0.4 is 0 Å². The van der Waals surface area contributed by atoms with Gasteiger partial charge in [0.05, 0.1) is 0 Å². The average Bonchev–Trinajstić information content (AvgIpc) is 3.40. The lowest BCUT2D eigenvalue weighted by molar-refractivity contribution is -0.167. The van der Waals surface area contributed by atoms with Crippen LogP contribution in [0, 0.1) is 0 Å². The van der Waals surface area contributed by atoms with Crippen molar-refractivity contribution in [1.29, 1.82) is 0 Å². The van der Waals surface area contributed by atoms with Crippen molar-refractivity contribution in [1.82, 2.24) is 0 Å². The van der Waals surface area contributed by atoms with Crippen LogP contribution in [0.5, 0.6) is 0 Å².